The van der Waals surface area contributed by atoms with E-state index in [0.717, 1.165) is 4.88 Å². The second-order valence-corrected chi connectivity index (χ2v) is 9.20. The minimum absolute atomic E-state index is 0.260. The van der Waals surface area contributed by atoms with Crippen LogP contribution >= 0.6 is 22.9 Å². The van der Waals surface area contributed by atoms with E-state index in [1.807, 2.05) is 20.8 Å². The van der Waals surface area contributed by atoms with Gasteiger partial charge in [0.1, 0.15) is 5.82 Å². The van der Waals surface area contributed by atoms with Crippen molar-refractivity contribution in [2.24, 2.45) is 0 Å². The molecule has 0 saturated heterocycles. The molecule has 2 rings (SSSR count). The molecule has 1 aromatic heterocycles. The minimum atomic E-state index is -1.34. The second kappa shape index (κ2) is 6.62. The molecule has 0 saturated carbocycles. The van der Waals surface area contributed by atoms with Crippen LogP contribution in [0.5, 0.6) is 0 Å². The number of nitrogens with zero attached hydrogens (tertiary/aromatic N) is 1. The third-order valence-corrected chi connectivity index (χ3v) is 5.66. The highest BCUT2D eigenvalue weighted by Crippen LogP contribution is 2.33. The highest BCUT2D eigenvalue weighted by Gasteiger charge is 2.27. The Morgan fingerprint density at radius 1 is 1.45 bits per heavy atom. The first kappa shape index (κ1) is 17.3. The van der Waals surface area contributed by atoms with Crippen LogP contribution < -0.4 is 10.5 Å². The number of benzene rings is 1. The van der Waals surface area contributed by atoms with Gasteiger partial charge in [0.2, 0.25) is 0 Å². The van der Waals surface area contributed by atoms with Gasteiger partial charge in [-0.05, 0) is 38.5 Å². The van der Waals surface area contributed by atoms with Crippen molar-refractivity contribution < 1.29 is 8.60 Å². The predicted octanol–water partition coefficient (Wildman–Crippen LogP) is 3.66. The van der Waals surface area contributed by atoms with Gasteiger partial charge in [-0.25, -0.2) is 18.3 Å². The van der Waals surface area contributed by atoms with E-state index in [1.165, 1.54) is 23.5 Å². The number of hydrogen-bond donors (Lipinski definition) is 2. The summed E-state index contributed by atoms with van der Waals surface area (Å²) in [5.41, 5.74) is 6.31. The molecule has 120 valence electrons. The lowest BCUT2D eigenvalue weighted by molar-refractivity contribution is 0.619. The van der Waals surface area contributed by atoms with Crippen LogP contribution in [0.15, 0.2) is 24.4 Å². The number of aromatic nitrogens is 1. The number of nitrogen functional groups attached to an aromatic ring is 1. The lowest BCUT2D eigenvalue weighted by Crippen LogP contribution is -2.36. The van der Waals surface area contributed by atoms with Gasteiger partial charge in [-0.15, -0.1) is 11.3 Å². The Hall–Kier alpha value is -1.02. The number of rotatable bonds is 4. The van der Waals surface area contributed by atoms with Crippen molar-refractivity contribution in [3.63, 3.8) is 0 Å². The molecule has 0 radical (unpaired) electrons. The van der Waals surface area contributed by atoms with Gasteiger partial charge in [0.25, 0.3) is 0 Å². The van der Waals surface area contributed by atoms with E-state index < -0.39 is 27.6 Å². The molecule has 4 nitrogen and oxygen atoms in total. The third-order valence-electron chi connectivity index (χ3n) is 2.88. The SMILES string of the molecule is CC(C)(C)S(=O)N[C@H](c1cnc(N)s1)c1ccc(F)cc1Cl. The summed E-state index contributed by atoms with van der Waals surface area (Å²) in [4.78, 5) is 4.79. The number of hydrogen-bond acceptors (Lipinski definition) is 4. The molecular formula is C14H17ClFN3OS2. The fourth-order valence-electron chi connectivity index (χ4n) is 1.73. The highest BCUT2D eigenvalue weighted by molar-refractivity contribution is 7.84. The van der Waals surface area contributed by atoms with Gasteiger partial charge in [-0.1, -0.05) is 17.7 Å². The Labute approximate surface area is 140 Å². The van der Waals surface area contributed by atoms with E-state index in [0.29, 0.717) is 10.7 Å². The van der Waals surface area contributed by atoms with Crippen LogP contribution in [0.2, 0.25) is 5.02 Å². The van der Waals surface area contributed by atoms with E-state index in [-0.39, 0.29) is 5.02 Å². The maximum Gasteiger partial charge on any atom is 0.180 e. The van der Waals surface area contributed by atoms with Crippen molar-refractivity contribution in [1.29, 1.82) is 0 Å². The maximum absolute atomic E-state index is 13.3. The molecule has 0 fully saturated rings. The molecule has 2 aromatic rings. The standard InChI is InChI=1S/C14H17ClFN3OS2/c1-14(2,3)22(20)19-12(11-7-18-13(17)21-11)9-5-4-8(16)6-10(9)15/h4-7,12,19H,1-3H3,(H2,17,18)/t12-,22?/m0/s1. The zero-order valence-electron chi connectivity index (χ0n) is 12.4. The molecule has 22 heavy (non-hydrogen) atoms. The van der Waals surface area contributed by atoms with Crippen LogP contribution in [0.1, 0.15) is 37.3 Å². The Kier molecular flexibility index (Phi) is 5.21. The van der Waals surface area contributed by atoms with E-state index in [1.54, 1.807) is 12.3 Å². The van der Waals surface area contributed by atoms with Crippen LogP contribution in [-0.4, -0.2) is 13.9 Å². The normalized spacial score (nSPS) is 14.8. The first-order valence-corrected chi connectivity index (χ1v) is 8.87. The molecule has 1 heterocycles. The smallest absolute Gasteiger partial charge is 0.180 e. The Bertz CT molecular complexity index is 700. The first-order chi connectivity index (χ1) is 10.2. The quantitative estimate of drug-likeness (QED) is 0.873. The molecule has 1 aromatic carbocycles. The van der Waals surface area contributed by atoms with Gasteiger partial charge in [0, 0.05) is 16.1 Å². The topological polar surface area (TPSA) is 68.0 Å². The van der Waals surface area contributed by atoms with Crippen LogP contribution in [-0.2, 0) is 11.0 Å². The van der Waals surface area contributed by atoms with Crippen LogP contribution in [0.4, 0.5) is 9.52 Å². The van der Waals surface area contributed by atoms with Gasteiger partial charge in [-0.2, -0.15) is 0 Å². The summed E-state index contributed by atoms with van der Waals surface area (Å²) < 4.78 is 28.3. The lowest BCUT2D eigenvalue weighted by Gasteiger charge is -2.24. The fraction of sp³-hybridized carbons (Fsp3) is 0.357. The molecule has 1 unspecified atom stereocenters. The summed E-state index contributed by atoms with van der Waals surface area (Å²) in [6, 6.07) is 3.66. The van der Waals surface area contributed by atoms with Crippen LogP contribution in [0.3, 0.4) is 0 Å². The molecule has 3 N–H and O–H groups in total. The van der Waals surface area contributed by atoms with Gasteiger partial charge in [0.15, 0.2) is 5.13 Å². The Morgan fingerprint density at radius 2 is 2.14 bits per heavy atom. The summed E-state index contributed by atoms with van der Waals surface area (Å²) in [5.74, 6) is -0.423. The lowest BCUT2D eigenvalue weighted by atomic mass is 10.1. The monoisotopic (exact) mass is 361 g/mol. The summed E-state index contributed by atoms with van der Waals surface area (Å²) >= 11 is 7.43. The largest absolute Gasteiger partial charge is 0.375 e. The van der Waals surface area contributed by atoms with Gasteiger partial charge in [0.05, 0.1) is 21.8 Å². The Morgan fingerprint density at radius 3 is 2.64 bits per heavy atom. The van der Waals surface area contributed by atoms with E-state index in [9.17, 15) is 8.60 Å². The number of anilines is 1. The molecule has 2 atom stereocenters. The van der Waals surface area contributed by atoms with Crippen molar-refractivity contribution in [2.75, 3.05) is 5.73 Å². The zero-order chi connectivity index (χ0) is 16.5. The van der Waals surface area contributed by atoms with E-state index >= 15 is 0 Å². The van der Waals surface area contributed by atoms with Crippen molar-refractivity contribution in [3.05, 3.63) is 45.7 Å². The van der Waals surface area contributed by atoms with Crippen molar-refractivity contribution >= 4 is 39.1 Å². The second-order valence-electron chi connectivity index (χ2n) is 5.70. The van der Waals surface area contributed by atoms with E-state index in [2.05, 4.69) is 9.71 Å². The zero-order valence-corrected chi connectivity index (χ0v) is 14.8. The predicted molar refractivity (Wildman–Crippen MR) is 90.8 cm³/mol. The van der Waals surface area contributed by atoms with Crippen LogP contribution in [0.25, 0.3) is 0 Å². The minimum Gasteiger partial charge on any atom is -0.375 e. The maximum atomic E-state index is 13.3. The molecule has 0 aliphatic rings. The molecule has 0 aliphatic carbocycles. The molecular weight excluding hydrogens is 345 g/mol. The third kappa shape index (κ3) is 4.04. The highest BCUT2D eigenvalue weighted by atomic mass is 35.5. The van der Waals surface area contributed by atoms with Gasteiger partial charge < -0.3 is 5.73 Å². The number of halogens is 2. The van der Waals surface area contributed by atoms with Crippen molar-refractivity contribution in [1.82, 2.24) is 9.71 Å². The molecule has 0 amide bonds. The molecule has 8 heteroatoms. The number of nitrogens with two attached hydrogens (primary N) is 1. The van der Waals surface area contributed by atoms with E-state index in [4.69, 9.17) is 17.3 Å². The molecule has 0 spiro atoms. The van der Waals surface area contributed by atoms with Gasteiger partial charge >= 0.3 is 0 Å². The summed E-state index contributed by atoms with van der Waals surface area (Å²) in [6.07, 6.45) is 1.61. The van der Waals surface area contributed by atoms with Crippen molar-refractivity contribution in [3.8, 4) is 0 Å². The Balaban J connectivity index is 2.44. The number of nitrogens with one attached hydrogen (secondary N) is 1. The number of thiazole rings is 1. The summed E-state index contributed by atoms with van der Waals surface area (Å²) in [6.45, 7) is 5.58. The van der Waals surface area contributed by atoms with Crippen LogP contribution in [0, 0.1) is 5.82 Å². The van der Waals surface area contributed by atoms with Gasteiger partial charge in [-0.3, -0.25) is 0 Å². The first-order valence-electron chi connectivity index (χ1n) is 6.52. The average molecular weight is 362 g/mol. The average Bonchev–Trinajstić information content (AvgIpc) is 2.82. The molecule has 0 aliphatic heterocycles. The fourth-order valence-corrected chi connectivity index (χ4v) is 3.66. The summed E-state index contributed by atoms with van der Waals surface area (Å²) in [7, 11) is -1.34. The van der Waals surface area contributed by atoms with Crippen molar-refractivity contribution in [2.45, 2.75) is 31.6 Å². The molecule has 0 bridgehead atoms. The summed E-state index contributed by atoms with van der Waals surface area (Å²) in [5, 5.41) is 0.664.